The zero-order valence-electron chi connectivity index (χ0n) is 16.7. The molecule has 0 radical (unpaired) electrons. The van der Waals surface area contributed by atoms with Crippen LogP contribution in [0.25, 0.3) is 0 Å². The Balaban J connectivity index is 3.18. The minimum absolute atomic E-state index is 0.0217. The number of hydrogen-bond donors (Lipinski definition) is 1. The first-order valence-electron chi connectivity index (χ1n) is 8.77. The quantitative estimate of drug-likeness (QED) is 0.796. The molecule has 0 spiro atoms. The average molecular weight is 334 g/mol. The van der Waals surface area contributed by atoms with Crippen LogP contribution >= 0.6 is 0 Å². The van der Waals surface area contributed by atoms with Gasteiger partial charge < -0.3 is 15.5 Å². The van der Waals surface area contributed by atoms with Crippen LogP contribution in [-0.4, -0.2) is 30.9 Å². The highest BCUT2D eigenvalue weighted by atomic mass is 16.2. The van der Waals surface area contributed by atoms with E-state index in [1.807, 2.05) is 37.2 Å². The van der Waals surface area contributed by atoms with Crippen LogP contribution in [0.3, 0.4) is 0 Å². The van der Waals surface area contributed by atoms with Crippen molar-refractivity contribution in [1.29, 1.82) is 0 Å². The SMILES string of the molecule is CC(C)[C@H](C)N(Cc1cc(N)ccc1N(C)C)C(=O)CC(C)(C)C. The molecule has 24 heavy (non-hydrogen) atoms. The highest BCUT2D eigenvalue weighted by Crippen LogP contribution is 2.27. The van der Waals surface area contributed by atoms with Crippen molar-refractivity contribution < 1.29 is 4.79 Å². The molecule has 4 nitrogen and oxygen atoms in total. The molecule has 1 aromatic rings. The van der Waals surface area contributed by atoms with Gasteiger partial charge in [0, 0.05) is 44.5 Å². The largest absolute Gasteiger partial charge is 0.399 e. The first kappa shape index (κ1) is 20.3. The Labute approximate surface area is 148 Å². The lowest BCUT2D eigenvalue weighted by Crippen LogP contribution is -2.42. The van der Waals surface area contributed by atoms with Gasteiger partial charge in [-0.1, -0.05) is 34.6 Å². The van der Waals surface area contributed by atoms with Gasteiger partial charge in [-0.05, 0) is 42.0 Å². The number of anilines is 2. The maximum atomic E-state index is 13.0. The Morgan fingerprint density at radius 2 is 1.75 bits per heavy atom. The van der Waals surface area contributed by atoms with Crippen molar-refractivity contribution in [3.63, 3.8) is 0 Å². The van der Waals surface area contributed by atoms with Crippen molar-refractivity contribution in [3.05, 3.63) is 23.8 Å². The summed E-state index contributed by atoms with van der Waals surface area (Å²) in [5.74, 6) is 0.605. The van der Waals surface area contributed by atoms with Gasteiger partial charge in [0.1, 0.15) is 0 Å². The molecule has 0 saturated heterocycles. The Hall–Kier alpha value is -1.71. The van der Waals surface area contributed by atoms with Gasteiger partial charge in [-0.15, -0.1) is 0 Å². The van der Waals surface area contributed by atoms with E-state index in [2.05, 4.69) is 46.4 Å². The third-order valence-corrected chi connectivity index (χ3v) is 4.38. The van der Waals surface area contributed by atoms with Crippen molar-refractivity contribution in [2.75, 3.05) is 24.7 Å². The van der Waals surface area contributed by atoms with Gasteiger partial charge in [0.2, 0.25) is 5.91 Å². The first-order chi connectivity index (χ1) is 10.9. The molecule has 1 amide bonds. The van der Waals surface area contributed by atoms with Crippen LogP contribution in [0.2, 0.25) is 0 Å². The first-order valence-corrected chi connectivity index (χ1v) is 8.77. The molecule has 0 saturated carbocycles. The normalized spacial score (nSPS) is 13.0. The predicted molar refractivity (Wildman–Crippen MR) is 104 cm³/mol. The zero-order valence-corrected chi connectivity index (χ0v) is 16.7. The molecule has 0 aliphatic carbocycles. The number of rotatable bonds is 6. The smallest absolute Gasteiger partial charge is 0.223 e. The summed E-state index contributed by atoms with van der Waals surface area (Å²) in [5, 5.41) is 0. The molecule has 0 aromatic heterocycles. The van der Waals surface area contributed by atoms with Gasteiger partial charge in [0.25, 0.3) is 0 Å². The summed E-state index contributed by atoms with van der Waals surface area (Å²) in [7, 11) is 4.03. The van der Waals surface area contributed by atoms with Crippen LogP contribution in [0.15, 0.2) is 18.2 Å². The van der Waals surface area contributed by atoms with E-state index in [0.29, 0.717) is 18.9 Å². The Morgan fingerprint density at radius 1 is 1.17 bits per heavy atom. The molecule has 1 rings (SSSR count). The minimum atomic E-state index is -0.0217. The molecule has 0 aliphatic rings. The molecule has 1 aromatic carbocycles. The second-order valence-corrected chi connectivity index (χ2v) is 8.53. The molecule has 4 heteroatoms. The van der Waals surface area contributed by atoms with E-state index in [4.69, 9.17) is 5.73 Å². The summed E-state index contributed by atoms with van der Waals surface area (Å²) < 4.78 is 0. The van der Waals surface area contributed by atoms with E-state index >= 15 is 0 Å². The molecule has 0 bridgehead atoms. The topological polar surface area (TPSA) is 49.6 Å². The van der Waals surface area contributed by atoms with Gasteiger partial charge >= 0.3 is 0 Å². The molecule has 2 N–H and O–H groups in total. The maximum absolute atomic E-state index is 13.0. The van der Waals surface area contributed by atoms with Crippen LogP contribution in [0.4, 0.5) is 11.4 Å². The fourth-order valence-electron chi connectivity index (χ4n) is 2.73. The predicted octanol–water partition coefficient (Wildman–Crippen LogP) is 4.14. The van der Waals surface area contributed by atoms with Crippen molar-refractivity contribution in [2.24, 2.45) is 11.3 Å². The van der Waals surface area contributed by atoms with Gasteiger partial charge in [0.15, 0.2) is 0 Å². The number of amides is 1. The molecule has 0 aliphatic heterocycles. The van der Waals surface area contributed by atoms with Crippen molar-refractivity contribution >= 4 is 17.3 Å². The Morgan fingerprint density at radius 3 is 2.21 bits per heavy atom. The fourth-order valence-corrected chi connectivity index (χ4v) is 2.73. The number of carbonyl (C=O) groups is 1. The molecule has 0 heterocycles. The average Bonchev–Trinajstić information content (AvgIpc) is 2.41. The summed E-state index contributed by atoms with van der Waals surface area (Å²) in [5.41, 5.74) is 8.90. The summed E-state index contributed by atoms with van der Waals surface area (Å²) in [6, 6.07) is 6.10. The van der Waals surface area contributed by atoms with Gasteiger partial charge in [-0.25, -0.2) is 0 Å². The molecule has 0 fully saturated rings. The molecule has 136 valence electrons. The molecule has 0 unspecified atom stereocenters. The highest BCUT2D eigenvalue weighted by Gasteiger charge is 2.27. The number of nitrogens with two attached hydrogens (primary N) is 1. The maximum Gasteiger partial charge on any atom is 0.223 e. The van der Waals surface area contributed by atoms with Crippen molar-refractivity contribution in [1.82, 2.24) is 4.90 Å². The zero-order chi connectivity index (χ0) is 18.7. The number of hydrogen-bond acceptors (Lipinski definition) is 3. The van der Waals surface area contributed by atoms with Crippen LogP contribution < -0.4 is 10.6 Å². The molecular weight excluding hydrogens is 298 g/mol. The number of nitrogen functional groups attached to an aromatic ring is 1. The van der Waals surface area contributed by atoms with E-state index in [1.165, 1.54) is 0 Å². The van der Waals surface area contributed by atoms with Gasteiger partial charge in [-0.3, -0.25) is 4.79 Å². The second-order valence-electron chi connectivity index (χ2n) is 8.53. The van der Waals surface area contributed by atoms with Crippen LogP contribution in [-0.2, 0) is 11.3 Å². The van der Waals surface area contributed by atoms with E-state index in [1.54, 1.807) is 0 Å². The van der Waals surface area contributed by atoms with Gasteiger partial charge in [0.05, 0.1) is 0 Å². The van der Waals surface area contributed by atoms with Crippen LogP contribution in [0.5, 0.6) is 0 Å². The minimum Gasteiger partial charge on any atom is -0.399 e. The number of nitrogens with zero attached hydrogens (tertiary/aromatic N) is 2. The Kier molecular flexibility index (Phi) is 6.70. The fraction of sp³-hybridized carbons (Fsp3) is 0.650. The summed E-state index contributed by atoms with van der Waals surface area (Å²) >= 11 is 0. The lowest BCUT2D eigenvalue weighted by Gasteiger charge is -2.35. The summed E-state index contributed by atoms with van der Waals surface area (Å²) in [4.78, 5) is 17.0. The van der Waals surface area contributed by atoms with E-state index in [0.717, 1.165) is 16.9 Å². The summed E-state index contributed by atoms with van der Waals surface area (Å²) in [6.07, 6.45) is 0.545. The second kappa shape index (κ2) is 7.91. The molecular formula is C20H35N3O. The summed E-state index contributed by atoms with van der Waals surface area (Å²) in [6.45, 7) is 13.4. The third kappa shape index (κ3) is 5.73. The standard InChI is InChI=1S/C20H35N3O/c1-14(2)15(3)23(19(24)12-20(4,5)6)13-16-11-17(21)9-10-18(16)22(7)8/h9-11,14-15H,12-13,21H2,1-8H3/t15-/m0/s1. The third-order valence-electron chi connectivity index (χ3n) is 4.38. The van der Waals surface area contributed by atoms with Crippen molar-refractivity contribution in [2.45, 2.75) is 60.5 Å². The number of benzene rings is 1. The number of carbonyl (C=O) groups excluding carboxylic acids is 1. The van der Waals surface area contributed by atoms with E-state index in [9.17, 15) is 4.79 Å². The van der Waals surface area contributed by atoms with E-state index < -0.39 is 0 Å². The van der Waals surface area contributed by atoms with E-state index in [-0.39, 0.29) is 17.4 Å². The lowest BCUT2D eigenvalue weighted by atomic mass is 9.90. The van der Waals surface area contributed by atoms with Crippen LogP contribution in [0, 0.1) is 11.3 Å². The lowest BCUT2D eigenvalue weighted by molar-refractivity contribution is -0.136. The molecule has 1 atom stereocenters. The van der Waals surface area contributed by atoms with Crippen LogP contribution in [0.1, 0.15) is 53.5 Å². The Bertz CT molecular complexity index is 558. The highest BCUT2D eigenvalue weighted by molar-refractivity contribution is 5.77. The monoisotopic (exact) mass is 333 g/mol. The van der Waals surface area contributed by atoms with Crippen molar-refractivity contribution in [3.8, 4) is 0 Å². The van der Waals surface area contributed by atoms with Gasteiger partial charge in [-0.2, -0.15) is 0 Å².